The lowest BCUT2D eigenvalue weighted by molar-refractivity contribution is -0.0273. The standard InChI is InChI=1S/2C10H16.B/c2*1-7-4-5-8-6-9(7)10(8,2)3;/h2*8-9H,1,4-6H2,2-3H3;. The first kappa shape index (κ1) is 16.9. The molecule has 6 saturated carbocycles. The summed E-state index contributed by atoms with van der Waals surface area (Å²) in [6, 6.07) is 0. The molecule has 0 heterocycles. The Morgan fingerprint density at radius 2 is 1.10 bits per heavy atom. The number of hydrogen-bond donors (Lipinski definition) is 0. The van der Waals surface area contributed by atoms with E-state index >= 15 is 0 Å². The van der Waals surface area contributed by atoms with E-state index in [2.05, 4.69) is 40.9 Å². The van der Waals surface area contributed by atoms with E-state index in [4.69, 9.17) is 0 Å². The summed E-state index contributed by atoms with van der Waals surface area (Å²) in [5.41, 5.74) is 4.25. The Balaban J connectivity index is 0.000000147. The molecule has 0 aromatic carbocycles. The van der Waals surface area contributed by atoms with Crippen molar-refractivity contribution in [3.05, 3.63) is 24.3 Å². The highest BCUT2D eigenvalue weighted by molar-refractivity contribution is 5.75. The van der Waals surface area contributed by atoms with Gasteiger partial charge < -0.3 is 0 Å². The largest absolute Gasteiger partial charge is 0.0996 e. The summed E-state index contributed by atoms with van der Waals surface area (Å²) >= 11 is 0. The monoisotopic (exact) mass is 283 g/mol. The Morgan fingerprint density at radius 3 is 1.24 bits per heavy atom. The van der Waals surface area contributed by atoms with Crippen molar-refractivity contribution >= 4 is 8.41 Å². The van der Waals surface area contributed by atoms with Gasteiger partial charge in [0.05, 0.1) is 0 Å². The zero-order valence-electron chi connectivity index (χ0n) is 14.5. The zero-order chi connectivity index (χ0) is 14.7. The Labute approximate surface area is 134 Å². The van der Waals surface area contributed by atoms with Crippen LogP contribution in [0, 0.1) is 34.5 Å². The zero-order valence-corrected chi connectivity index (χ0v) is 14.5. The highest BCUT2D eigenvalue weighted by Crippen LogP contribution is 2.61. The van der Waals surface area contributed by atoms with Crippen LogP contribution >= 0.6 is 0 Å². The molecule has 1 heteroatoms. The van der Waals surface area contributed by atoms with Crippen molar-refractivity contribution in [3.8, 4) is 0 Å². The van der Waals surface area contributed by atoms with E-state index in [1.165, 1.54) is 49.7 Å². The van der Waals surface area contributed by atoms with Crippen LogP contribution in [-0.2, 0) is 0 Å². The molecule has 4 unspecified atom stereocenters. The minimum absolute atomic E-state index is 0. The van der Waals surface area contributed by atoms with Crippen LogP contribution in [0.3, 0.4) is 0 Å². The number of rotatable bonds is 0. The van der Waals surface area contributed by atoms with Gasteiger partial charge in [-0.1, -0.05) is 52.0 Å². The molecule has 0 saturated heterocycles. The molecule has 0 N–H and O–H groups in total. The second-order valence-electron chi connectivity index (χ2n) is 9.01. The van der Waals surface area contributed by atoms with Crippen molar-refractivity contribution in [1.29, 1.82) is 0 Å². The van der Waals surface area contributed by atoms with E-state index < -0.39 is 0 Å². The van der Waals surface area contributed by atoms with E-state index in [0.717, 1.165) is 23.7 Å². The van der Waals surface area contributed by atoms with Crippen LogP contribution in [0.25, 0.3) is 0 Å². The van der Waals surface area contributed by atoms with Crippen LogP contribution in [0.1, 0.15) is 66.2 Å². The molecule has 6 aliphatic rings. The van der Waals surface area contributed by atoms with Crippen molar-refractivity contribution in [2.75, 3.05) is 0 Å². The third-order valence-electron chi connectivity index (χ3n) is 7.55. The van der Waals surface area contributed by atoms with E-state index in [1.54, 1.807) is 0 Å². The van der Waals surface area contributed by atoms with Crippen LogP contribution in [0.15, 0.2) is 24.3 Å². The number of fused-ring (bicyclic) bond motifs is 4. The maximum atomic E-state index is 4.13. The fourth-order valence-electron chi connectivity index (χ4n) is 5.47. The maximum Gasteiger partial charge on any atom is 0 e. The maximum absolute atomic E-state index is 4.13. The van der Waals surface area contributed by atoms with Gasteiger partial charge in [-0.3, -0.25) is 0 Å². The minimum atomic E-state index is 0. The summed E-state index contributed by atoms with van der Waals surface area (Å²) in [6.07, 6.45) is 8.29. The summed E-state index contributed by atoms with van der Waals surface area (Å²) in [5, 5.41) is 0. The van der Waals surface area contributed by atoms with Crippen LogP contribution < -0.4 is 0 Å². The Bertz CT molecular complexity index is 397. The number of hydrogen-bond acceptors (Lipinski definition) is 0. The first-order valence-corrected chi connectivity index (χ1v) is 8.60. The lowest BCUT2D eigenvalue weighted by Gasteiger charge is -2.57. The van der Waals surface area contributed by atoms with Crippen molar-refractivity contribution in [2.45, 2.75) is 66.2 Å². The van der Waals surface area contributed by atoms with E-state index in [0.29, 0.717) is 10.8 Å². The van der Waals surface area contributed by atoms with Crippen molar-refractivity contribution < 1.29 is 0 Å². The predicted molar refractivity (Wildman–Crippen MR) is 93.3 cm³/mol. The Hall–Kier alpha value is -0.455. The average Bonchev–Trinajstić information content (AvgIpc) is 2.38. The fraction of sp³-hybridized carbons (Fsp3) is 0.800. The molecule has 0 aromatic rings. The third-order valence-corrected chi connectivity index (χ3v) is 7.55. The fourth-order valence-corrected chi connectivity index (χ4v) is 5.47. The van der Waals surface area contributed by atoms with Gasteiger partial charge in [0.2, 0.25) is 0 Å². The van der Waals surface area contributed by atoms with E-state index in [-0.39, 0.29) is 8.41 Å². The molecule has 0 aromatic heterocycles. The van der Waals surface area contributed by atoms with Crippen molar-refractivity contribution in [1.82, 2.24) is 0 Å². The van der Waals surface area contributed by atoms with Gasteiger partial charge in [-0.05, 0) is 73.0 Å². The molecule has 4 bridgehead atoms. The van der Waals surface area contributed by atoms with Gasteiger partial charge in [-0.25, -0.2) is 0 Å². The van der Waals surface area contributed by atoms with E-state index in [1.807, 2.05) is 0 Å². The molecular formula is C20H32B. The van der Waals surface area contributed by atoms with Gasteiger partial charge >= 0.3 is 0 Å². The molecule has 0 spiro atoms. The molecular weight excluding hydrogens is 251 g/mol. The molecule has 3 radical (unpaired) electrons. The molecule has 0 amide bonds. The first-order chi connectivity index (χ1) is 9.24. The summed E-state index contributed by atoms with van der Waals surface area (Å²) < 4.78 is 0. The second-order valence-corrected chi connectivity index (χ2v) is 9.01. The van der Waals surface area contributed by atoms with Crippen molar-refractivity contribution in [2.24, 2.45) is 34.5 Å². The molecule has 4 atom stereocenters. The van der Waals surface area contributed by atoms with E-state index in [9.17, 15) is 0 Å². The van der Waals surface area contributed by atoms with Crippen LogP contribution in [0.2, 0.25) is 0 Å². The third kappa shape index (κ3) is 2.45. The molecule has 6 fully saturated rings. The minimum Gasteiger partial charge on any atom is -0.0996 e. The summed E-state index contributed by atoms with van der Waals surface area (Å²) in [4.78, 5) is 0. The van der Waals surface area contributed by atoms with Crippen LogP contribution in [-0.4, -0.2) is 8.41 Å². The molecule has 0 nitrogen and oxygen atoms in total. The highest BCUT2D eigenvalue weighted by atomic mass is 14.6. The van der Waals surface area contributed by atoms with Crippen LogP contribution in [0.5, 0.6) is 0 Å². The average molecular weight is 283 g/mol. The molecule has 0 aliphatic heterocycles. The topological polar surface area (TPSA) is 0 Å². The molecule has 115 valence electrons. The van der Waals surface area contributed by atoms with Crippen LogP contribution in [0.4, 0.5) is 0 Å². The van der Waals surface area contributed by atoms with Gasteiger partial charge in [-0.15, -0.1) is 0 Å². The van der Waals surface area contributed by atoms with Gasteiger partial charge in [0, 0.05) is 8.41 Å². The second kappa shape index (κ2) is 5.32. The SMILES string of the molecule is C=C1CCC2CC1C2(C)C.C=C1CCC2CC1C2(C)C.[B]. The number of allylic oxidation sites excluding steroid dienone is 2. The molecule has 21 heavy (non-hydrogen) atoms. The molecule has 6 aliphatic carbocycles. The lowest BCUT2D eigenvalue weighted by atomic mass is 9.47. The highest BCUT2D eigenvalue weighted by Gasteiger charge is 2.52. The normalized spacial score (nSPS) is 40.8. The predicted octanol–water partition coefficient (Wildman–Crippen LogP) is 5.62. The van der Waals surface area contributed by atoms with Gasteiger partial charge in [0.25, 0.3) is 0 Å². The Morgan fingerprint density at radius 1 is 0.762 bits per heavy atom. The quantitative estimate of drug-likeness (QED) is 0.400. The summed E-state index contributed by atoms with van der Waals surface area (Å²) in [5.74, 6) is 3.77. The first-order valence-electron chi connectivity index (χ1n) is 8.60. The van der Waals surface area contributed by atoms with Gasteiger partial charge in [0.1, 0.15) is 0 Å². The Kier molecular flexibility index (Phi) is 4.28. The van der Waals surface area contributed by atoms with Gasteiger partial charge in [0.15, 0.2) is 0 Å². The summed E-state index contributed by atoms with van der Waals surface area (Å²) in [6.45, 7) is 17.9. The summed E-state index contributed by atoms with van der Waals surface area (Å²) in [7, 11) is 0. The van der Waals surface area contributed by atoms with Gasteiger partial charge in [-0.2, -0.15) is 0 Å². The van der Waals surface area contributed by atoms with Crippen molar-refractivity contribution in [3.63, 3.8) is 0 Å². The lowest BCUT2D eigenvalue weighted by Crippen LogP contribution is -2.48. The smallest absolute Gasteiger partial charge is 0 e. The molecule has 6 rings (SSSR count).